The fourth-order valence-corrected chi connectivity index (χ4v) is 3.08. The molecular formula is C21H22FN3O4. The Bertz CT molecular complexity index is 1070. The second-order valence-corrected chi connectivity index (χ2v) is 6.54. The Morgan fingerprint density at radius 2 is 1.62 bits per heavy atom. The smallest absolute Gasteiger partial charge is 0.329 e. The number of fused-ring (bicyclic) bond motifs is 1. The van der Waals surface area contributed by atoms with Gasteiger partial charge in [0.05, 0.1) is 17.5 Å². The van der Waals surface area contributed by atoms with E-state index < -0.39 is 24.3 Å². The number of ether oxygens (including phenoxy) is 1. The van der Waals surface area contributed by atoms with Crippen LogP contribution in [0.1, 0.15) is 19.8 Å². The van der Waals surface area contributed by atoms with Crippen molar-refractivity contribution in [1.82, 2.24) is 9.13 Å². The number of hydrogen-bond acceptors (Lipinski definition) is 4. The summed E-state index contributed by atoms with van der Waals surface area (Å²) >= 11 is 0. The summed E-state index contributed by atoms with van der Waals surface area (Å²) in [5.41, 5.74) is 1.82. The van der Waals surface area contributed by atoms with Crippen LogP contribution in [-0.2, 0) is 27.4 Å². The largest absolute Gasteiger partial charge is 0.456 e. The van der Waals surface area contributed by atoms with Crippen molar-refractivity contribution < 1.29 is 18.7 Å². The molecule has 0 fully saturated rings. The Morgan fingerprint density at radius 1 is 1.00 bits per heavy atom. The average Bonchev–Trinajstić information content (AvgIpc) is 2.98. The number of carbonyl (C=O) groups is 2. The zero-order chi connectivity index (χ0) is 20.8. The number of benzene rings is 2. The van der Waals surface area contributed by atoms with Gasteiger partial charge < -0.3 is 10.1 Å². The maximum atomic E-state index is 12.9. The number of amides is 1. The van der Waals surface area contributed by atoms with Gasteiger partial charge in [-0.1, -0.05) is 19.1 Å². The van der Waals surface area contributed by atoms with Crippen molar-refractivity contribution in [2.75, 3.05) is 11.9 Å². The first-order valence-electron chi connectivity index (χ1n) is 9.38. The minimum atomic E-state index is -0.585. The quantitative estimate of drug-likeness (QED) is 0.591. The average molecular weight is 399 g/mol. The predicted molar refractivity (Wildman–Crippen MR) is 107 cm³/mol. The third kappa shape index (κ3) is 4.90. The van der Waals surface area contributed by atoms with Gasteiger partial charge in [0.15, 0.2) is 6.61 Å². The van der Waals surface area contributed by atoms with Crippen LogP contribution in [0.4, 0.5) is 10.1 Å². The standard InChI is InChI=1S/C21H22FN3O4/c1-2-12-24-17-5-3-4-6-18(17)25(21(24)28)13-11-20(27)29-14-19(26)23-16-9-7-15(22)8-10-16/h3-10H,2,11-14H2,1H3,(H,23,26). The molecule has 0 saturated heterocycles. The summed E-state index contributed by atoms with van der Waals surface area (Å²) in [4.78, 5) is 36.5. The second kappa shape index (κ2) is 9.18. The van der Waals surface area contributed by atoms with Gasteiger partial charge in [0.25, 0.3) is 5.91 Å². The van der Waals surface area contributed by atoms with E-state index in [4.69, 9.17) is 4.74 Å². The molecule has 152 valence electrons. The van der Waals surface area contributed by atoms with E-state index in [9.17, 15) is 18.8 Å². The Morgan fingerprint density at radius 3 is 2.24 bits per heavy atom. The molecule has 0 radical (unpaired) electrons. The predicted octanol–water partition coefficient (Wildman–Crippen LogP) is 2.92. The Balaban J connectivity index is 1.57. The molecule has 1 heterocycles. The zero-order valence-electron chi connectivity index (χ0n) is 16.1. The van der Waals surface area contributed by atoms with E-state index in [1.54, 1.807) is 9.13 Å². The number of hydrogen-bond donors (Lipinski definition) is 1. The summed E-state index contributed by atoms with van der Waals surface area (Å²) in [6.45, 7) is 2.30. The van der Waals surface area contributed by atoms with Gasteiger partial charge in [-0.25, -0.2) is 9.18 Å². The van der Waals surface area contributed by atoms with Crippen molar-refractivity contribution in [2.24, 2.45) is 0 Å². The van der Waals surface area contributed by atoms with E-state index in [2.05, 4.69) is 5.32 Å². The van der Waals surface area contributed by atoms with Gasteiger partial charge in [-0.15, -0.1) is 0 Å². The number of rotatable bonds is 8. The van der Waals surface area contributed by atoms with E-state index >= 15 is 0 Å². The van der Waals surface area contributed by atoms with Crippen LogP contribution in [0.3, 0.4) is 0 Å². The summed E-state index contributed by atoms with van der Waals surface area (Å²) < 4.78 is 21.1. The lowest BCUT2D eigenvalue weighted by Crippen LogP contribution is -2.26. The van der Waals surface area contributed by atoms with Gasteiger partial charge in [0.2, 0.25) is 0 Å². The van der Waals surface area contributed by atoms with Gasteiger partial charge in [-0.3, -0.25) is 18.7 Å². The minimum absolute atomic E-state index is 0.0378. The number of para-hydroxylation sites is 2. The molecule has 2 aromatic carbocycles. The van der Waals surface area contributed by atoms with Crippen molar-refractivity contribution in [2.45, 2.75) is 32.9 Å². The van der Waals surface area contributed by atoms with Gasteiger partial charge in [0, 0.05) is 18.8 Å². The molecule has 1 aromatic heterocycles. The van der Waals surface area contributed by atoms with Gasteiger partial charge in [-0.05, 0) is 42.8 Å². The Hall–Kier alpha value is -3.42. The van der Waals surface area contributed by atoms with Crippen LogP contribution in [0, 0.1) is 5.82 Å². The second-order valence-electron chi connectivity index (χ2n) is 6.54. The van der Waals surface area contributed by atoms with Crippen molar-refractivity contribution in [3.8, 4) is 0 Å². The number of halogens is 1. The van der Waals surface area contributed by atoms with E-state index in [1.165, 1.54) is 24.3 Å². The molecule has 29 heavy (non-hydrogen) atoms. The van der Waals surface area contributed by atoms with Crippen LogP contribution < -0.4 is 11.0 Å². The number of anilines is 1. The number of aryl methyl sites for hydroxylation is 2. The van der Waals surface area contributed by atoms with Crippen molar-refractivity contribution >= 4 is 28.6 Å². The normalized spacial score (nSPS) is 10.8. The minimum Gasteiger partial charge on any atom is -0.456 e. The first kappa shape index (κ1) is 20.3. The first-order valence-corrected chi connectivity index (χ1v) is 9.38. The number of aromatic nitrogens is 2. The molecule has 3 aromatic rings. The summed E-state index contributed by atoms with van der Waals surface area (Å²) in [7, 11) is 0. The van der Waals surface area contributed by atoms with Crippen LogP contribution >= 0.6 is 0 Å². The SMILES string of the molecule is CCCn1c(=O)n(CCC(=O)OCC(=O)Nc2ccc(F)cc2)c2ccccc21. The molecule has 7 nitrogen and oxygen atoms in total. The molecule has 0 aliphatic heterocycles. The highest BCUT2D eigenvalue weighted by atomic mass is 19.1. The molecule has 0 aliphatic carbocycles. The van der Waals surface area contributed by atoms with Crippen molar-refractivity contribution in [3.63, 3.8) is 0 Å². The molecule has 0 unspecified atom stereocenters. The molecular weight excluding hydrogens is 377 g/mol. The maximum absolute atomic E-state index is 12.9. The topological polar surface area (TPSA) is 82.3 Å². The van der Waals surface area contributed by atoms with Crippen LogP contribution in [0.15, 0.2) is 53.3 Å². The summed E-state index contributed by atoms with van der Waals surface area (Å²) in [6.07, 6.45) is 0.781. The van der Waals surface area contributed by atoms with E-state index in [-0.39, 0.29) is 18.7 Å². The molecule has 1 N–H and O–H groups in total. The highest BCUT2D eigenvalue weighted by molar-refractivity contribution is 5.92. The van der Waals surface area contributed by atoms with Crippen LogP contribution in [0.25, 0.3) is 11.0 Å². The van der Waals surface area contributed by atoms with Gasteiger partial charge >= 0.3 is 11.7 Å². The molecule has 8 heteroatoms. The summed E-state index contributed by atoms with van der Waals surface area (Å²) in [6, 6.07) is 12.7. The third-order valence-corrected chi connectivity index (χ3v) is 4.40. The van der Waals surface area contributed by atoms with E-state index in [0.717, 1.165) is 17.5 Å². The number of nitrogens with one attached hydrogen (secondary N) is 1. The Kier molecular flexibility index (Phi) is 6.43. The lowest BCUT2D eigenvalue weighted by atomic mass is 10.3. The fourth-order valence-electron chi connectivity index (χ4n) is 3.08. The maximum Gasteiger partial charge on any atom is 0.329 e. The molecule has 0 spiro atoms. The molecule has 0 saturated carbocycles. The summed E-state index contributed by atoms with van der Waals surface area (Å²) in [5.74, 6) is -1.52. The fraction of sp³-hybridized carbons (Fsp3) is 0.286. The van der Waals surface area contributed by atoms with Crippen LogP contribution in [0.5, 0.6) is 0 Å². The molecule has 0 atom stereocenters. The highest BCUT2D eigenvalue weighted by Gasteiger charge is 2.14. The van der Waals surface area contributed by atoms with Gasteiger partial charge in [-0.2, -0.15) is 0 Å². The first-order chi connectivity index (χ1) is 14.0. The van der Waals surface area contributed by atoms with Crippen molar-refractivity contribution in [1.29, 1.82) is 0 Å². The molecule has 0 aliphatic rings. The van der Waals surface area contributed by atoms with E-state index in [0.29, 0.717) is 12.2 Å². The monoisotopic (exact) mass is 399 g/mol. The van der Waals surface area contributed by atoms with Crippen LogP contribution in [0.2, 0.25) is 0 Å². The zero-order valence-corrected chi connectivity index (χ0v) is 16.1. The van der Waals surface area contributed by atoms with Crippen molar-refractivity contribution in [3.05, 3.63) is 64.8 Å². The van der Waals surface area contributed by atoms with Crippen LogP contribution in [-0.4, -0.2) is 27.6 Å². The summed E-state index contributed by atoms with van der Waals surface area (Å²) in [5, 5.41) is 2.51. The van der Waals surface area contributed by atoms with Gasteiger partial charge in [0.1, 0.15) is 5.82 Å². The Labute approximate surface area is 166 Å². The molecule has 3 rings (SSSR count). The lowest BCUT2D eigenvalue weighted by Gasteiger charge is -2.07. The highest BCUT2D eigenvalue weighted by Crippen LogP contribution is 2.14. The molecule has 0 bridgehead atoms. The number of carbonyl (C=O) groups excluding carboxylic acids is 2. The lowest BCUT2D eigenvalue weighted by molar-refractivity contribution is -0.147. The third-order valence-electron chi connectivity index (χ3n) is 4.40. The van der Waals surface area contributed by atoms with E-state index in [1.807, 2.05) is 31.2 Å². The number of nitrogens with zero attached hydrogens (tertiary/aromatic N) is 2. The number of imidazole rings is 1. The molecule has 1 amide bonds. The number of esters is 1.